The quantitative estimate of drug-likeness (QED) is 0.387. The fourth-order valence-corrected chi connectivity index (χ4v) is 6.14. The molecule has 3 fully saturated rings. The Bertz CT molecular complexity index is 1510. The molecule has 226 valence electrons. The van der Waals surface area contributed by atoms with E-state index in [9.17, 15) is 14.4 Å². The van der Waals surface area contributed by atoms with Crippen molar-refractivity contribution in [3.8, 4) is 11.8 Å². The van der Waals surface area contributed by atoms with Crippen molar-refractivity contribution in [3.05, 3.63) is 95.3 Å². The number of aromatic nitrogens is 1. The lowest BCUT2D eigenvalue weighted by atomic mass is 9.89. The highest BCUT2D eigenvalue weighted by molar-refractivity contribution is 5.96. The van der Waals surface area contributed by atoms with Gasteiger partial charge in [-0.15, -0.1) is 0 Å². The van der Waals surface area contributed by atoms with Crippen molar-refractivity contribution in [2.75, 3.05) is 19.6 Å². The number of rotatable bonds is 9. The summed E-state index contributed by atoms with van der Waals surface area (Å²) in [6, 6.07) is 22.5. The third kappa shape index (κ3) is 7.14. The normalized spacial score (nSPS) is 20.8. The standard InChI is InChI=1S/C35H37N5O4/c36-21-24-6-8-25(9-7-24)23-39-17-15-29(16-18-39)38-34(42)28-12-13-31(37-22-28)35(43)40-19-14-27(33(41)26-10-11-26)20-32(40)44-30-4-2-1-3-5-30/h1-9,12-13,22,26-27,29,32H,10-11,14-20,23H2,(H,38,42). The van der Waals surface area contributed by atoms with Gasteiger partial charge in [-0.2, -0.15) is 5.26 Å². The van der Waals surface area contributed by atoms with Crippen LogP contribution in [0.25, 0.3) is 0 Å². The van der Waals surface area contributed by atoms with Crippen LogP contribution in [-0.2, 0) is 11.3 Å². The number of pyridine rings is 1. The average Bonchev–Trinajstić information content (AvgIpc) is 3.92. The van der Waals surface area contributed by atoms with Crippen molar-refractivity contribution >= 4 is 17.6 Å². The summed E-state index contributed by atoms with van der Waals surface area (Å²) in [6.07, 6.45) is 5.57. The van der Waals surface area contributed by atoms with E-state index >= 15 is 0 Å². The number of Topliss-reactive ketones (excluding diaryl/α,β-unsaturated/α-hetero) is 1. The molecule has 44 heavy (non-hydrogen) atoms. The predicted octanol–water partition coefficient (Wildman–Crippen LogP) is 4.58. The summed E-state index contributed by atoms with van der Waals surface area (Å²) in [6.45, 7) is 2.96. The first-order valence-corrected chi connectivity index (χ1v) is 15.5. The fourth-order valence-electron chi connectivity index (χ4n) is 6.14. The van der Waals surface area contributed by atoms with E-state index in [1.807, 2.05) is 54.6 Å². The van der Waals surface area contributed by atoms with Gasteiger partial charge >= 0.3 is 0 Å². The molecule has 1 saturated carbocycles. The molecular formula is C35H37N5O4. The van der Waals surface area contributed by atoms with Crippen LogP contribution in [0.3, 0.4) is 0 Å². The Kier molecular flexibility index (Phi) is 8.99. The maximum absolute atomic E-state index is 13.6. The predicted molar refractivity (Wildman–Crippen MR) is 164 cm³/mol. The van der Waals surface area contributed by atoms with Gasteiger partial charge in [-0.3, -0.25) is 24.3 Å². The van der Waals surface area contributed by atoms with Gasteiger partial charge in [0.05, 0.1) is 17.2 Å². The molecule has 2 saturated heterocycles. The zero-order valence-corrected chi connectivity index (χ0v) is 24.7. The highest BCUT2D eigenvalue weighted by atomic mass is 16.5. The third-order valence-electron chi connectivity index (χ3n) is 8.87. The van der Waals surface area contributed by atoms with Crippen LogP contribution in [0.1, 0.15) is 70.5 Å². The summed E-state index contributed by atoms with van der Waals surface area (Å²) in [5, 5.41) is 12.1. The molecule has 0 bridgehead atoms. The molecule has 9 nitrogen and oxygen atoms in total. The number of nitrogens with one attached hydrogen (secondary N) is 1. The highest BCUT2D eigenvalue weighted by Gasteiger charge is 2.41. The second kappa shape index (κ2) is 13.4. The van der Waals surface area contributed by atoms with Gasteiger partial charge in [-0.1, -0.05) is 30.3 Å². The summed E-state index contributed by atoms with van der Waals surface area (Å²) in [7, 11) is 0. The zero-order chi connectivity index (χ0) is 30.5. The van der Waals surface area contributed by atoms with Gasteiger partial charge in [0, 0.05) is 56.7 Å². The minimum absolute atomic E-state index is 0.0663. The molecule has 6 rings (SSSR count). The van der Waals surface area contributed by atoms with Crippen molar-refractivity contribution in [3.63, 3.8) is 0 Å². The van der Waals surface area contributed by atoms with E-state index < -0.39 is 6.23 Å². The van der Waals surface area contributed by atoms with E-state index in [0.717, 1.165) is 45.3 Å². The smallest absolute Gasteiger partial charge is 0.275 e. The molecule has 0 spiro atoms. The Morgan fingerprint density at radius 2 is 1.64 bits per heavy atom. The van der Waals surface area contributed by atoms with Crippen LogP contribution in [-0.4, -0.2) is 64.3 Å². The first-order valence-electron chi connectivity index (χ1n) is 15.5. The van der Waals surface area contributed by atoms with Crippen LogP contribution in [0.4, 0.5) is 0 Å². The third-order valence-corrected chi connectivity index (χ3v) is 8.87. The number of benzene rings is 2. The lowest BCUT2D eigenvalue weighted by Gasteiger charge is -2.38. The molecular weight excluding hydrogens is 554 g/mol. The van der Waals surface area contributed by atoms with Crippen LogP contribution < -0.4 is 10.1 Å². The SMILES string of the molecule is N#Cc1ccc(CN2CCC(NC(=O)c3ccc(C(=O)N4CCC(C(=O)C5CC5)CC4Oc4ccccc4)nc3)CC2)cc1. The number of hydrogen-bond donors (Lipinski definition) is 1. The second-order valence-electron chi connectivity index (χ2n) is 12.0. The van der Waals surface area contributed by atoms with Gasteiger partial charge in [-0.05, 0) is 74.1 Å². The molecule has 2 atom stereocenters. The topological polar surface area (TPSA) is 116 Å². The molecule has 1 N–H and O–H groups in total. The monoisotopic (exact) mass is 591 g/mol. The van der Waals surface area contributed by atoms with E-state index in [-0.39, 0.29) is 35.4 Å². The van der Waals surface area contributed by atoms with Crippen molar-refractivity contribution in [2.24, 2.45) is 11.8 Å². The number of nitrogens with zero attached hydrogens (tertiary/aromatic N) is 4. The van der Waals surface area contributed by atoms with Crippen molar-refractivity contribution in [1.82, 2.24) is 20.1 Å². The molecule has 3 heterocycles. The summed E-state index contributed by atoms with van der Waals surface area (Å²) >= 11 is 0. The molecule has 9 heteroatoms. The molecule has 1 aliphatic carbocycles. The Balaban J connectivity index is 1.03. The second-order valence-corrected chi connectivity index (χ2v) is 12.0. The van der Waals surface area contributed by atoms with Gasteiger partial charge < -0.3 is 15.0 Å². The van der Waals surface area contributed by atoms with E-state index in [1.165, 1.54) is 11.8 Å². The highest BCUT2D eigenvalue weighted by Crippen LogP contribution is 2.37. The lowest BCUT2D eigenvalue weighted by molar-refractivity contribution is -0.128. The Hall–Kier alpha value is -4.55. The van der Waals surface area contributed by atoms with E-state index in [4.69, 9.17) is 10.00 Å². The van der Waals surface area contributed by atoms with Crippen LogP contribution in [0, 0.1) is 23.2 Å². The van der Waals surface area contributed by atoms with Crippen LogP contribution in [0.15, 0.2) is 72.9 Å². The summed E-state index contributed by atoms with van der Waals surface area (Å²) in [5.74, 6) is 0.527. The maximum Gasteiger partial charge on any atom is 0.275 e. The van der Waals surface area contributed by atoms with Gasteiger partial charge in [0.1, 0.15) is 17.2 Å². The van der Waals surface area contributed by atoms with E-state index in [1.54, 1.807) is 17.0 Å². The summed E-state index contributed by atoms with van der Waals surface area (Å²) in [4.78, 5) is 47.8. The number of hydrogen-bond acceptors (Lipinski definition) is 7. The molecule has 0 radical (unpaired) electrons. The molecule has 3 aromatic rings. The van der Waals surface area contributed by atoms with Crippen molar-refractivity contribution in [2.45, 2.75) is 57.3 Å². The molecule has 2 unspecified atom stereocenters. The zero-order valence-electron chi connectivity index (χ0n) is 24.7. The van der Waals surface area contributed by atoms with E-state index in [2.05, 4.69) is 21.3 Å². The number of ketones is 1. The van der Waals surface area contributed by atoms with Crippen LogP contribution in [0.2, 0.25) is 0 Å². The molecule has 1 aromatic heterocycles. The largest absolute Gasteiger partial charge is 0.470 e. The number of carbonyl (C=O) groups is 3. The van der Waals surface area contributed by atoms with Gasteiger partial charge in [-0.25, -0.2) is 0 Å². The first kappa shape index (κ1) is 29.5. The molecule has 2 aromatic carbocycles. The number of piperidine rings is 2. The first-order chi connectivity index (χ1) is 21.5. The van der Waals surface area contributed by atoms with Crippen LogP contribution >= 0.6 is 0 Å². The number of ether oxygens (including phenoxy) is 1. The average molecular weight is 592 g/mol. The molecule has 2 amide bonds. The number of para-hydroxylation sites is 1. The number of carbonyl (C=O) groups excluding carboxylic acids is 3. The minimum Gasteiger partial charge on any atom is -0.470 e. The van der Waals surface area contributed by atoms with Crippen LogP contribution in [0.5, 0.6) is 5.75 Å². The summed E-state index contributed by atoms with van der Waals surface area (Å²) in [5.41, 5.74) is 2.48. The minimum atomic E-state index is -0.570. The molecule has 3 aliphatic rings. The Labute approximate surface area is 257 Å². The fraction of sp³-hybridized carbons (Fsp3) is 0.400. The molecule has 2 aliphatic heterocycles. The van der Waals surface area contributed by atoms with Gasteiger partial charge in [0.2, 0.25) is 0 Å². The Morgan fingerprint density at radius 1 is 0.886 bits per heavy atom. The Morgan fingerprint density at radius 3 is 2.30 bits per heavy atom. The lowest BCUT2D eigenvalue weighted by Crippen LogP contribution is -2.50. The van der Waals surface area contributed by atoms with Gasteiger partial charge in [0.25, 0.3) is 11.8 Å². The number of likely N-dealkylation sites (tertiary alicyclic amines) is 2. The number of nitriles is 1. The summed E-state index contributed by atoms with van der Waals surface area (Å²) < 4.78 is 6.23. The maximum atomic E-state index is 13.6. The van der Waals surface area contributed by atoms with Crippen molar-refractivity contribution < 1.29 is 19.1 Å². The van der Waals surface area contributed by atoms with Crippen molar-refractivity contribution in [1.29, 1.82) is 5.26 Å². The van der Waals surface area contributed by atoms with E-state index in [0.29, 0.717) is 42.0 Å². The van der Waals surface area contributed by atoms with Gasteiger partial charge in [0.15, 0.2) is 6.23 Å². The number of amides is 2.